The average molecular weight is 379 g/mol. The number of hydrogen-bond donors (Lipinski definition) is 0. The molecule has 2 aromatic rings. The molecule has 0 saturated carbocycles. The van der Waals surface area contributed by atoms with Crippen molar-refractivity contribution >= 4 is 50.2 Å². The quantitative estimate of drug-likeness (QED) is 0.776. The fourth-order valence-electron chi connectivity index (χ4n) is 1.71. The summed E-state index contributed by atoms with van der Waals surface area (Å²) in [7, 11) is -0.640. The Morgan fingerprint density at radius 2 is 2.00 bits per heavy atom. The number of hydrogen-bond acceptors (Lipinski definition) is 5. The van der Waals surface area contributed by atoms with Gasteiger partial charge in [-0.15, -0.1) is 22.7 Å². The molecule has 0 radical (unpaired) electrons. The van der Waals surface area contributed by atoms with Crippen molar-refractivity contribution in [3.05, 3.63) is 38.9 Å². The molecule has 0 fully saturated rings. The number of carbonyl (C=O) groups is 1. The molecule has 2 aromatic heterocycles. The summed E-state index contributed by atoms with van der Waals surface area (Å²) in [5.74, 6) is -0.262. The third-order valence-corrected chi connectivity index (χ3v) is 7.33. The van der Waals surface area contributed by atoms with Crippen LogP contribution in [0.3, 0.4) is 0 Å². The number of halogens is 1. The van der Waals surface area contributed by atoms with Crippen LogP contribution in [0.2, 0.25) is 4.34 Å². The zero-order valence-corrected chi connectivity index (χ0v) is 15.2. The lowest BCUT2D eigenvalue weighted by Crippen LogP contribution is -2.38. The van der Waals surface area contributed by atoms with Crippen molar-refractivity contribution in [2.45, 2.75) is 10.8 Å². The Morgan fingerprint density at radius 1 is 1.27 bits per heavy atom. The highest BCUT2D eigenvalue weighted by atomic mass is 35.5. The van der Waals surface area contributed by atoms with E-state index < -0.39 is 10.0 Å². The highest BCUT2D eigenvalue weighted by molar-refractivity contribution is 7.91. The van der Waals surface area contributed by atoms with Crippen LogP contribution in [0.4, 0.5) is 0 Å². The first-order chi connectivity index (χ1) is 10.3. The molecule has 2 heterocycles. The van der Waals surface area contributed by atoms with Crippen molar-refractivity contribution in [1.82, 2.24) is 9.21 Å². The third-order valence-electron chi connectivity index (χ3n) is 2.97. The Bertz CT molecular complexity index is 740. The number of rotatable bonds is 6. The molecule has 5 nitrogen and oxygen atoms in total. The average Bonchev–Trinajstić information content (AvgIpc) is 3.10. The van der Waals surface area contributed by atoms with Crippen molar-refractivity contribution in [3.63, 3.8) is 0 Å². The molecule has 1 amide bonds. The largest absolute Gasteiger partial charge is 0.339 e. The summed E-state index contributed by atoms with van der Waals surface area (Å²) in [5.41, 5.74) is 0. The minimum absolute atomic E-state index is 0.133. The zero-order chi connectivity index (χ0) is 16.3. The molecule has 0 unspecified atom stereocenters. The molecule has 0 aliphatic heterocycles. The smallest absolute Gasteiger partial charge is 0.252 e. The summed E-state index contributed by atoms with van der Waals surface area (Å²) in [5, 5.41) is 1.94. The molecular formula is C13H15ClN2O3S3. The van der Waals surface area contributed by atoms with E-state index in [1.165, 1.54) is 24.1 Å². The van der Waals surface area contributed by atoms with Gasteiger partial charge in [0.15, 0.2) is 0 Å². The molecule has 120 valence electrons. The molecule has 0 spiro atoms. The lowest BCUT2D eigenvalue weighted by molar-refractivity contribution is -0.130. The maximum absolute atomic E-state index is 12.3. The molecule has 0 atom stereocenters. The lowest BCUT2D eigenvalue weighted by Gasteiger charge is -2.21. The second-order valence-electron chi connectivity index (χ2n) is 4.65. The Hall–Kier alpha value is -0.930. The number of amides is 1. The molecule has 0 aromatic carbocycles. The summed E-state index contributed by atoms with van der Waals surface area (Å²) >= 11 is 8.30. The SMILES string of the molecule is CN(Cc1cccs1)C(=O)CN(C)S(=O)(=O)c1ccc(Cl)s1. The van der Waals surface area contributed by atoms with Crippen molar-refractivity contribution < 1.29 is 13.2 Å². The summed E-state index contributed by atoms with van der Waals surface area (Å²) in [6, 6.07) is 6.81. The number of carbonyl (C=O) groups excluding carboxylic acids is 1. The van der Waals surface area contributed by atoms with Crippen LogP contribution in [-0.2, 0) is 21.4 Å². The van der Waals surface area contributed by atoms with E-state index in [1.54, 1.807) is 18.4 Å². The van der Waals surface area contributed by atoms with Gasteiger partial charge >= 0.3 is 0 Å². The van der Waals surface area contributed by atoms with E-state index in [2.05, 4.69) is 0 Å². The van der Waals surface area contributed by atoms with Crippen molar-refractivity contribution in [2.24, 2.45) is 0 Å². The number of likely N-dealkylation sites (N-methyl/N-ethyl adjacent to an activating group) is 2. The van der Waals surface area contributed by atoms with Crippen LogP contribution < -0.4 is 0 Å². The second-order valence-corrected chi connectivity index (χ2v) is 9.67. The van der Waals surface area contributed by atoms with Crippen LogP contribution in [0.25, 0.3) is 0 Å². The fourth-order valence-corrected chi connectivity index (χ4v) is 5.28. The van der Waals surface area contributed by atoms with Gasteiger partial charge in [0.2, 0.25) is 5.91 Å². The van der Waals surface area contributed by atoms with Gasteiger partial charge in [0.05, 0.1) is 17.4 Å². The predicted octanol–water partition coefficient (Wildman–Crippen LogP) is 2.74. The van der Waals surface area contributed by atoms with E-state index in [0.29, 0.717) is 10.9 Å². The molecule has 0 saturated heterocycles. The summed E-state index contributed by atoms with van der Waals surface area (Å²) < 4.78 is 26.2. The Balaban J connectivity index is 2.01. The van der Waals surface area contributed by atoms with E-state index in [0.717, 1.165) is 20.5 Å². The van der Waals surface area contributed by atoms with E-state index in [-0.39, 0.29) is 16.7 Å². The first-order valence-electron chi connectivity index (χ1n) is 6.28. The van der Waals surface area contributed by atoms with Gasteiger partial charge in [-0.1, -0.05) is 17.7 Å². The van der Waals surface area contributed by atoms with Crippen LogP contribution >= 0.6 is 34.3 Å². The van der Waals surface area contributed by atoms with Gasteiger partial charge in [-0.05, 0) is 23.6 Å². The van der Waals surface area contributed by atoms with E-state index in [1.807, 2.05) is 17.5 Å². The first-order valence-corrected chi connectivity index (χ1v) is 9.80. The summed E-state index contributed by atoms with van der Waals surface area (Å²) in [6.07, 6.45) is 0. The fraction of sp³-hybridized carbons (Fsp3) is 0.308. The van der Waals surface area contributed by atoms with Gasteiger partial charge in [0.1, 0.15) is 4.21 Å². The normalized spacial score (nSPS) is 11.8. The van der Waals surface area contributed by atoms with Gasteiger partial charge < -0.3 is 4.90 Å². The summed E-state index contributed by atoms with van der Waals surface area (Å²) in [6.45, 7) is 0.259. The van der Waals surface area contributed by atoms with Gasteiger partial charge in [-0.25, -0.2) is 8.42 Å². The Morgan fingerprint density at radius 3 is 2.55 bits per heavy atom. The number of sulfonamides is 1. The predicted molar refractivity (Wildman–Crippen MR) is 89.9 cm³/mol. The zero-order valence-electron chi connectivity index (χ0n) is 12.0. The molecule has 9 heteroatoms. The molecule has 0 aliphatic carbocycles. The van der Waals surface area contributed by atoms with E-state index >= 15 is 0 Å². The minimum Gasteiger partial charge on any atom is -0.339 e. The van der Waals surface area contributed by atoms with Crippen LogP contribution in [0.1, 0.15) is 4.88 Å². The van der Waals surface area contributed by atoms with Gasteiger partial charge in [-0.2, -0.15) is 4.31 Å². The van der Waals surface area contributed by atoms with E-state index in [9.17, 15) is 13.2 Å². The lowest BCUT2D eigenvalue weighted by atomic mass is 10.4. The topological polar surface area (TPSA) is 57.7 Å². The summed E-state index contributed by atoms with van der Waals surface area (Å²) in [4.78, 5) is 14.7. The monoisotopic (exact) mass is 378 g/mol. The van der Waals surface area contributed by atoms with Gasteiger partial charge in [0, 0.05) is 19.0 Å². The first kappa shape index (κ1) is 17.4. The molecule has 22 heavy (non-hydrogen) atoms. The standard InChI is InChI=1S/C13H15ClN2O3S3/c1-15(8-10-4-3-7-20-10)12(17)9-16(2)22(18,19)13-6-5-11(14)21-13/h3-7H,8-9H2,1-2H3. The van der Waals surface area contributed by atoms with Crippen molar-refractivity contribution in [3.8, 4) is 0 Å². The molecule has 0 aliphatic rings. The van der Waals surface area contributed by atoms with Crippen LogP contribution in [0.5, 0.6) is 0 Å². The number of nitrogens with zero attached hydrogens (tertiary/aromatic N) is 2. The van der Waals surface area contributed by atoms with Crippen molar-refractivity contribution in [2.75, 3.05) is 20.6 Å². The molecular weight excluding hydrogens is 364 g/mol. The van der Waals surface area contributed by atoms with Crippen LogP contribution in [-0.4, -0.2) is 44.2 Å². The maximum Gasteiger partial charge on any atom is 0.252 e. The molecule has 2 rings (SSSR count). The maximum atomic E-state index is 12.3. The number of thiophene rings is 2. The van der Waals surface area contributed by atoms with Crippen LogP contribution in [0.15, 0.2) is 33.9 Å². The second kappa shape index (κ2) is 7.10. The van der Waals surface area contributed by atoms with E-state index in [4.69, 9.17) is 11.6 Å². The molecule has 0 bridgehead atoms. The molecule has 0 N–H and O–H groups in total. The minimum atomic E-state index is -3.69. The highest BCUT2D eigenvalue weighted by Gasteiger charge is 2.25. The highest BCUT2D eigenvalue weighted by Crippen LogP contribution is 2.27. The Kier molecular flexibility index (Phi) is 5.62. The van der Waals surface area contributed by atoms with Crippen molar-refractivity contribution in [1.29, 1.82) is 0 Å². The third kappa shape index (κ3) is 4.08. The Labute approximate surface area is 142 Å². The van der Waals surface area contributed by atoms with Gasteiger partial charge in [-0.3, -0.25) is 4.79 Å². The van der Waals surface area contributed by atoms with Gasteiger partial charge in [0.25, 0.3) is 10.0 Å². The van der Waals surface area contributed by atoms with Crippen LogP contribution in [0, 0.1) is 0 Å².